The minimum atomic E-state index is 0.319. The number of likely N-dealkylation sites (N-methyl/N-ethyl adjacent to an activating group) is 1. The van der Waals surface area contributed by atoms with E-state index < -0.39 is 0 Å². The van der Waals surface area contributed by atoms with E-state index in [2.05, 4.69) is 29.6 Å². The smallest absolute Gasteiger partial charge is 0.0453 e. The number of rotatable bonds is 5. The van der Waals surface area contributed by atoms with E-state index in [1.165, 1.54) is 5.56 Å². The molecule has 0 aromatic heterocycles. The second-order valence-electron chi connectivity index (χ2n) is 4.58. The van der Waals surface area contributed by atoms with Crippen LogP contribution >= 0.6 is 23.2 Å². The SMILES string of the molecule is CNC(Cc1ccccc1)Cc1c(Cl)cccc1Cl. The van der Waals surface area contributed by atoms with Crippen molar-refractivity contribution in [3.05, 3.63) is 69.7 Å². The van der Waals surface area contributed by atoms with Crippen LogP contribution < -0.4 is 5.32 Å². The normalized spacial score (nSPS) is 12.4. The molecule has 1 N–H and O–H groups in total. The van der Waals surface area contributed by atoms with Gasteiger partial charge in [0.05, 0.1) is 0 Å². The second-order valence-corrected chi connectivity index (χ2v) is 5.39. The lowest BCUT2D eigenvalue weighted by molar-refractivity contribution is 0.556. The third kappa shape index (κ3) is 3.97. The lowest BCUT2D eigenvalue weighted by Crippen LogP contribution is -2.30. The second kappa shape index (κ2) is 6.95. The number of hydrogen-bond donors (Lipinski definition) is 1. The van der Waals surface area contributed by atoms with Crippen LogP contribution in [0.3, 0.4) is 0 Å². The van der Waals surface area contributed by atoms with Crippen LogP contribution in [0.25, 0.3) is 0 Å². The highest BCUT2D eigenvalue weighted by molar-refractivity contribution is 6.36. The summed E-state index contributed by atoms with van der Waals surface area (Å²) in [6.07, 6.45) is 1.78. The number of hydrogen-bond acceptors (Lipinski definition) is 1. The highest BCUT2D eigenvalue weighted by Crippen LogP contribution is 2.26. The zero-order chi connectivity index (χ0) is 13.7. The Labute approximate surface area is 124 Å². The Kier molecular flexibility index (Phi) is 5.26. The highest BCUT2D eigenvalue weighted by atomic mass is 35.5. The fourth-order valence-electron chi connectivity index (χ4n) is 2.15. The van der Waals surface area contributed by atoms with Gasteiger partial charge in [0, 0.05) is 16.1 Å². The lowest BCUT2D eigenvalue weighted by Gasteiger charge is -2.18. The first kappa shape index (κ1) is 14.4. The minimum Gasteiger partial charge on any atom is -0.316 e. The first-order chi connectivity index (χ1) is 9.20. The van der Waals surface area contributed by atoms with Gasteiger partial charge < -0.3 is 5.32 Å². The van der Waals surface area contributed by atoms with E-state index in [0.717, 1.165) is 28.5 Å². The third-order valence-electron chi connectivity index (χ3n) is 3.25. The molecule has 2 aromatic rings. The minimum absolute atomic E-state index is 0.319. The van der Waals surface area contributed by atoms with E-state index in [1.54, 1.807) is 0 Å². The van der Waals surface area contributed by atoms with Crippen LogP contribution in [0.15, 0.2) is 48.5 Å². The van der Waals surface area contributed by atoms with Gasteiger partial charge in [0.15, 0.2) is 0 Å². The quantitative estimate of drug-likeness (QED) is 0.863. The van der Waals surface area contributed by atoms with Crippen LogP contribution in [0, 0.1) is 0 Å². The topological polar surface area (TPSA) is 12.0 Å². The van der Waals surface area contributed by atoms with Gasteiger partial charge in [-0.15, -0.1) is 0 Å². The molecule has 0 aliphatic heterocycles. The maximum absolute atomic E-state index is 6.22. The van der Waals surface area contributed by atoms with Crippen molar-refractivity contribution in [1.82, 2.24) is 5.32 Å². The molecule has 0 fully saturated rings. The molecule has 1 unspecified atom stereocenters. The summed E-state index contributed by atoms with van der Waals surface area (Å²) >= 11 is 12.4. The predicted molar refractivity (Wildman–Crippen MR) is 83.2 cm³/mol. The molecule has 0 radical (unpaired) electrons. The largest absolute Gasteiger partial charge is 0.316 e. The van der Waals surface area contributed by atoms with Gasteiger partial charge in [-0.3, -0.25) is 0 Å². The lowest BCUT2D eigenvalue weighted by atomic mass is 9.99. The molecule has 0 bridgehead atoms. The van der Waals surface area contributed by atoms with Crippen molar-refractivity contribution >= 4 is 23.2 Å². The molecule has 1 nitrogen and oxygen atoms in total. The standard InChI is InChI=1S/C16H17Cl2N/c1-19-13(10-12-6-3-2-4-7-12)11-14-15(17)8-5-9-16(14)18/h2-9,13,19H,10-11H2,1H3. The van der Waals surface area contributed by atoms with Crippen LogP contribution in [-0.2, 0) is 12.8 Å². The molecule has 100 valence electrons. The molecule has 0 spiro atoms. The van der Waals surface area contributed by atoms with E-state index in [0.29, 0.717) is 6.04 Å². The highest BCUT2D eigenvalue weighted by Gasteiger charge is 2.13. The van der Waals surface area contributed by atoms with E-state index in [9.17, 15) is 0 Å². The fourth-order valence-corrected chi connectivity index (χ4v) is 2.70. The van der Waals surface area contributed by atoms with Crippen molar-refractivity contribution < 1.29 is 0 Å². The fraction of sp³-hybridized carbons (Fsp3) is 0.250. The monoisotopic (exact) mass is 293 g/mol. The Morgan fingerprint density at radius 1 is 0.895 bits per heavy atom. The summed E-state index contributed by atoms with van der Waals surface area (Å²) in [4.78, 5) is 0. The maximum atomic E-state index is 6.22. The van der Waals surface area contributed by atoms with Crippen molar-refractivity contribution in [2.75, 3.05) is 7.05 Å². The average molecular weight is 294 g/mol. The molecule has 2 aromatic carbocycles. The first-order valence-electron chi connectivity index (χ1n) is 6.34. The van der Waals surface area contributed by atoms with Crippen LogP contribution in [0.1, 0.15) is 11.1 Å². The van der Waals surface area contributed by atoms with Crippen molar-refractivity contribution in [3.8, 4) is 0 Å². The van der Waals surface area contributed by atoms with Crippen molar-refractivity contribution in [1.29, 1.82) is 0 Å². The zero-order valence-electron chi connectivity index (χ0n) is 10.9. The summed E-state index contributed by atoms with van der Waals surface area (Å²) in [5.74, 6) is 0. The van der Waals surface area contributed by atoms with Crippen LogP contribution in [0.4, 0.5) is 0 Å². The molecule has 3 heteroatoms. The van der Waals surface area contributed by atoms with Gasteiger partial charge in [-0.2, -0.15) is 0 Å². The van der Waals surface area contributed by atoms with Crippen molar-refractivity contribution in [3.63, 3.8) is 0 Å². The van der Waals surface area contributed by atoms with Gasteiger partial charge >= 0.3 is 0 Å². The van der Waals surface area contributed by atoms with Gasteiger partial charge in [0.2, 0.25) is 0 Å². The van der Waals surface area contributed by atoms with Crippen LogP contribution in [0.2, 0.25) is 10.0 Å². The third-order valence-corrected chi connectivity index (χ3v) is 3.95. The van der Waals surface area contributed by atoms with Crippen LogP contribution in [0.5, 0.6) is 0 Å². The summed E-state index contributed by atoms with van der Waals surface area (Å²) in [6.45, 7) is 0. The summed E-state index contributed by atoms with van der Waals surface area (Å²) in [6, 6.07) is 16.4. The van der Waals surface area contributed by atoms with Gasteiger partial charge in [0.25, 0.3) is 0 Å². The summed E-state index contributed by atoms with van der Waals surface area (Å²) < 4.78 is 0. The Morgan fingerprint density at radius 2 is 1.53 bits per heavy atom. The first-order valence-corrected chi connectivity index (χ1v) is 7.10. The molecule has 0 heterocycles. The molecule has 2 rings (SSSR count). The predicted octanol–water partition coefficient (Wildman–Crippen LogP) is 4.37. The van der Waals surface area contributed by atoms with E-state index >= 15 is 0 Å². The Balaban J connectivity index is 2.11. The molecule has 19 heavy (non-hydrogen) atoms. The Bertz CT molecular complexity index is 505. The Hall–Kier alpha value is -1.02. The average Bonchev–Trinajstić information content (AvgIpc) is 2.43. The van der Waals surface area contributed by atoms with E-state index in [1.807, 2.05) is 31.3 Å². The maximum Gasteiger partial charge on any atom is 0.0453 e. The van der Waals surface area contributed by atoms with Gasteiger partial charge in [-0.25, -0.2) is 0 Å². The molecular weight excluding hydrogens is 277 g/mol. The number of nitrogens with one attached hydrogen (secondary N) is 1. The zero-order valence-corrected chi connectivity index (χ0v) is 12.4. The summed E-state index contributed by atoms with van der Waals surface area (Å²) in [7, 11) is 1.97. The number of benzene rings is 2. The van der Waals surface area contributed by atoms with Crippen molar-refractivity contribution in [2.45, 2.75) is 18.9 Å². The molecule has 0 saturated heterocycles. The van der Waals surface area contributed by atoms with Gasteiger partial charge in [-0.05, 0) is 43.1 Å². The van der Waals surface area contributed by atoms with E-state index in [-0.39, 0.29) is 0 Å². The molecule has 0 aliphatic carbocycles. The summed E-state index contributed by atoms with van der Waals surface area (Å²) in [5, 5.41) is 4.81. The van der Waals surface area contributed by atoms with Crippen LogP contribution in [-0.4, -0.2) is 13.1 Å². The van der Waals surface area contributed by atoms with E-state index in [4.69, 9.17) is 23.2 Å². The van der Waals surface area contributed by atoms with Gasteiger partial charge in [0.1, 0.15) is 0 Å². The Morgan fingerprint density at radius 3 is 2.11 bits per heavy atom. The van der Waals surface area contributed by atoms with Gasteiger partial charge in [-0.1, -0.05) is 59.6 Å². The number of halogens is 2. The molecule has 0 aliphatic rings. The molecular formula is C16H17Cl2N. The van der Waals surface area contributed by atoms with Crippen molar-refractivity contribution in [2.24, 2.45) is 0 Å². The molecule has 1 atom stereocenters. The molecule has 0 saturated carbocycles. The molecule has 0 amide bonds. The summed E-state index contributed by atoms with van der Waals surface area (Å²) in [5.41, 5.74) is 2.33.